The number of nitrogens with one attached hydrogen (secondary N) is 1. The van der Waals surface area contributed by atoms with Crippen molar-refractivity contribution in [2.75, 3.05) is 19.7 Å². The Kier molecular flexibility index (Phi) is 4.51. The zero-order chi connectivity index (χ0) is 17.9. The Hall–Kier alpha value is -2.96. The summed E-state index contributed by atoms with van der Waals surface area (Å²) in [5.41, 5.74) is 0. The molecule has 7 nitrogen and oxygen atoms in total. The summed E-state index contributed by atoms with van der Waals surface area (Å²) in [5, 5.41) is 3.01. The predicted octanol–water partition coefficient (Wildman–Crippen LogP) is 1.84. The number of furan rings is 1. The lowest BCUT2D eigenvalue weighted by Crippen LogP contribution is -2.51. The van der Waals surface area contributed by atoms with Gasteiger partial charge in [0.2, 0.25) is 6.10 Å². The second-order valence-electron chi connectivity index (χ2n) is 6.42. The number of rotatable bonds is 3. The molecule has 1 N–H and O–H groups in total. The van der Waals surface area contributed by atoms with Crippen molar-refractivity contribution in [1.29, 1.82) is 0 Å². The highest BCUT2D eigenvalue weighted by atomic mass is 16.6. The van der Waals surface area contributed by atoms with E-state index in [1.165, 1.54) is 6.26 Å². The lowest BCUT2D eigenvalue weighted by atomic mass is 10.0. The molecule has 1 unspecified atom stereocenters. The average molecular weight is 356 g/mol. The summed E-state index contributed by atoms with van der Waals surface area (Å²) >= 11 is 0. The number of amides is 2. The van der Waals surface area contributed by atoms with Crippen LogP contribution in [-0.4, -0.2) is 48.6 Å². The molecule has 1 fully saturated rings. The van der Waals surface area contributed by atoms with Crippen LogP contribution in [0, 0.1) is 0 Å². The molecule has 136 valence electrons. The first-order valence-electron chi connectivity index (χ1n) is 8.72. The van der Waals surface area contributed by atoms with Gasteiger partial charge in [0.05, 0.1) is 6.26 Å². The first kappa shape index (κ1) is 16.5. The van der Waals surface area contributed by atoms with Crippen molar-refractivity contribution in [2.45, 2.75) is 25.0 Å². The molecule has 0 bridgehead atoms. The number of para-hydroxylation sites is 2. The quantitative estimate of drug-likeness (QED) is 0.908. The van der Waals surface area contributed by atoms with Crippen LogP contribution in [0.3, 0.4) is 0 Å². The van der Waals surface area contributed by atoms with Crippen LogP contribution < -0.4 is 14.8 Å². The molecule has 7 heteroatoms. The van der Waals surface area contributed by atoms with E-state index < -0.39 is 6.10 Å². The summed E-state index contributed by atoms with van der Waals surface area (Å²) < 4.78 is 16.5. The number of hydrogen-bond acceptors (Lipinski definition) is 5. The molecule has 3 heterocycles. The summed E-state index contributed by atoms with van der Waals surface area (Å²) in [4.78, 5) is 26.5. The molecule has 0 saturated carbocycles. The second kappa shape index (κ2) is 7.11. The topological polar surface area (TPSA) is 81.0 Å². The van der Waals surface area contributed by atoms with Crippen molar-refractivity contribution in [3.63, 3.8) is 0 Å². The van der Waals surface area contributed by atoms with Gasteiger partial charge in [0, 0.05) is 19.1 Å². The second-order valence-corrected chi connectivity index (χ2v) is 6.42. The number of carbonyl (C=O) groups excluding carboxylic acids is 2. The number of likely N-dealkylation sites (tertiary alicyclic amines) is 1. The Morgan fingerprint density at radius 3 is 2.54 bits per heavy atom. The van der Waals surface area contributed by atoms with Crippen LogP contribution in [0.15, 0.2) is 47.1 Å². The highest BCUT2D eigenvalue weighted by molar-refractivity contribution is 5.91. The van der Waals surface area contributed by atoms with E-state index in [2.05, 4.69) is 5.32 Å². The maximum atomic E-state index is 12.5. The fourth-order valence-electron chi connectivity index (χ4n) is 3.23. The van der Waals surface area contributed by atoms with Gasteiger partial charge >= 0.3 is 0 Å². The van der Waals surface area contributed by atoms with E-state index in [9.17, 15) is 9.59 Å². The van der Waals surface area contributed by atoms with Gasteiger partial charge in [0.1, 0.15) is 6.61 Å². The molecule has 2 amide bonds. The molecule has 1 aromatic heterocycles. The number of ether oxygens (including phenoxy) is 2. The Labute approximate surface area is 150 Å². The van der Waals surface area contributed by atoms with Gasteiger partial charge in [-0.3, -0.25) is 9.59 Å². The number of nitrogens with zero attached hydrogens (tertiary/aromatic N) is 1. The van der Waals surface area contributed by atoms with Crippen molar-refractivity contribution < 1.29 is 23.5 Å². The third kappa shape index (κ3) is 3.37. The summed E-state index contributed by atoms with van der Waals surface area (Å²) in [7, 11) is 0. The molecule has 1 saturated heterocycles. The van der Waals surface area contributed by atoms with E-state index in [0.29, 0.717) is 43.2 Å². The molecule has 0 aliphatic carbocycles. The highest BCUT2D eigenvalue weighted by Crippen LogP contribution is 2.31. The third-order valence-corrected chi connectivity index (χ3v) is 4.66. The van der Waals surface area contributed by atoms with Gasteiger partial charge in [-0.2, -0.15) is 0 Å². The van der Waals surface area contributed by atoms with Crippen LogP contribution in [0.5, 0.6) is 11.5 Å². The van der Waals surface area contributed by atoms with Gasteiger partial charge in [-0.05, 0) is 37.1 Å². The maximum absolute atomic E-state index is 12.5. The van der Waals surface area contributed by atoms with Crippen molar-refractivity contribution in [2.24, 2.45) is 0 Å². The lowest BCUT2D eigenvalue weighted by Gasteiger charge is -2.33. The van der Waals surface area contributed by atoms with Crippen molar-refractivity contribution in [1.82, 2.24) is 10.2 Å². The van der Waals surface area contributed by atoms with Crippen molar-refractivity contribution in [3.05, 3.63) is 48.4 Å². The van der Waals surface area contributed by atoms with Crippen LogP contribution in [-0.2, 0) is 4.79 Å². The fourth-order valence-corrected chi connectivity index (χ4v) is 3.23. The average Bonchev–Trinajstić information content (AvgIpc) is 3.22. The zero-order valence-electron chi connectivity index (χ0n) is 14.2. The van der Waals surface area contributed by atoms with Crippen molar-refractivity contribution in [3.8, 4) is 11.5 Å². The third-order valence-electron chi connectivity index (χ3n) is 4.66. The van der Waals surface area contributed by atoms with Gasteiger partial charge < -0.3 is 24.1 Å². The summed E-state index contributed by atoms with van der Waals surface area (Å²) in [5.74, 6) is 1.29. The highest BCUT2D eigenvalue weighted by Gasteiger charge is 2.31. The summed E-state index contributed by atoms with van der Waals surface area (Å²) in [6.07, 6.45) is 2.22. The summed E-state index contributed by atoms with van der Waals surface area (Å²) in [6.45, 7) is 1.35. The number of piperidine rings is 1. The Bertz CT molecular complexity index is 781. The molecular formula is C19H20N2O5. The smallest absolute Gasteiger partial charge is 0.289 e. The minimum Gasteiger partial charge on any atom is -0.485 e. The van der Waals surface area contributed by atoms with Gasteiger partial charge in [-0.15, -0.1) is 0 Å². The monoisotopic (exact) mass is 356 g/mol. The van der Waals surface area contributed by atoms with Crippen LogP contribution in [0.2, 0.25) is 0 Å². The molecule has 26 heavy (non-hydrogen) atoms. The largest absolute Gasteiger partial charge is 0.485 e. The minimum atomic E-state index is -0.660. The molecule has 2 aliphatic heterocycles. The molecule has 1 atom stereocenters. The van der Waals surface area contributed by atoms with Crippen LogP contribution >= 0.6 is 0 Å². The van der Waals surface area contributed by atoms with Crippen LogP contribution in [0.25, 0.3) is 0 Å². The molecule has 1 aromatic carbocycles. The summed E-state index contributed by atoms with van der Waals surface area (Å²) in [6, 6.07) is 10.7. The van der Waals surface area contributed by atoms with Crippen LogP contribution in [0.4, 0.5) is 0 Å². The van der Waals surface area contributed by atoms with E-state index in [1.54, 1.807) is 23.1 Å². The molecule has 2 aliphatic rings. The first-order valence-corrected chi connectivity index (χ1v) is 8.72. The van der Waals surface area contributed by atoms with E-state index >= 15 is 0 Å². The Morgan fingerprint density at radius 2 is 1.81 bits per heavy atom. The first-order chi connectivity index (χ1) is 12.7. The van der Waals surface area contributed by atoms with E-state index in [1.807, 2.05) is 18.2 Å². The minimum absolute atomic E-state index is 0.0175. The number of fused-ring (bicyclic) bond motifs is 1. The molecular weight excluding hydrogens is 336 g/mol. The van der Waals surface area contributed by atoms with Gasteiger partial charge in [0.15, 0.2) is 17.3 Å². The standard InChI is InChI=1S/C19H20N2O5/c22-18(17-12-25-14-4-1-2-5-15(14)26-17)20-13-7-9-21(10-8-13)19(23)16-6-3-11-24-16/h1-6,11,13,17H,7-10,12H2,(H,20,22). The van der Waals surface area contributed by atoms with E-state index in [0.717, 1.165) is 0 Å². The van der Waals surface area contributed by atoms with E-state index in [-0.39, 0.29) is 24.5 Å². The molecule has 0 radical (unpaired) electrons. The fraction of sp³-hybridized carbons (Fsp3) is 0.368. The molecule has 4 rings (SSSR count). The van der Waals surface area contributed by atoms with E-state index in [4.69, 9.17) is 13.9 Å². The number of carbonyl (C=O) groups is 2. The van der Waals surface area contributed by atoms with Gasteiger partial charge in [-0.25, -0.2) is 0 Å². The Morgan fingerprint density at radius 1 is 1.04 bits per heavy atom. The number of benzene rings is 1. The zero-order valence-corrected chi connectivity index (χ0v) is 14.2. The van der Waals surface area contributed by atoms with Gasteiger partial charge in [-0.1, -0.05) is 12.1 Å². The predicted molar refractivity (Wildman–Crippen MR) is 92.1 cm³/mol. The normalized spacial score (nSPS) is 19.8. The van der Waals surface area contributed by atoms with Gasteiger partial charge in [0.25, 0.3) is 11.8 Å². The van der Waals surface area contributed by atoms with Crippen LogP contribution in [0.1, 0.15) is 23.4 Å². The number of hydrogen-bond donors (Lipinski definition) is 1. The SMILES string of the molecule is O=C(NC1CCN(C(=O)c2ccco2)CC1)C1COc2ccccc2O1. The molecule has 2 aromatic rings. The molecule has 0 spiro atoms. The maximum Gasteiger partial charge on any atom is 0.289 e. The van der Waals surface area contributed by atoms with Crippen molar-refractivity contribution >= 4 is 11.8 Å². The lowest BCUT2D eigenvalue weighted by molar-refractivity contribution is -0.131. The Balaban J connectivity index is 1.28.